The van der Waals surface area contributed by atoms with E-state index in [2.05, 4.69) is 5.92 Å². The number of rotatable bonds is 1. The molecule has 0 spiro atoms. The van der Waals surface area contributed by atoms with Crippen molar-refractivity contribution < 1.29 is 9.53 Å². The van der Waals surface area contributed by atoms with E-state index < -0.39 is 0 Å². The quantitative estimate of drug-likeness (QED) is 0.423. The van der Waals surface area contributed by atoms with E-state index in [-0.39, 0.29) is 5.97 Å². The summed E-state index contributed by atoms with van der Waals surface area (Å²) in [5, 5.41) is 1.80. The first-order chi connectivity index (χ1) is 8.11. The highest BCUT2D eigenvalue weighted by Crippen LogP contribution is 2.30. The maximum absolute atomic E-state index is 11.1. The van der Waals surface area contributed by atoms with Crippen molar-refractivity contribution >= 4 is 16.7 Å². The Labute approximate surface area is 100 Å². The topological polar surface area (TPSA) is 26.3 Å². The van der Waals surface area contributed by atoms with Crippen LogP contribution in [0.3, 0.4) is 0 Å². The van der Waals surface area contributed by atoms with Crippen LogP contribution in [0.5, 0.6) is 5.75 Å². The Bertz CT molecular complexity index is 633. The summed E-state index contributed by atoms with van der Waals surface area (Å²) in [6.45, 7) is 3.33. The minimum absolute atomic E-state index is 0.344. The first-order valence-electron chi connectivity index (χ1n) is 5.30. The summed E-state index contributed by atoms with van der Waals surface area (Å²) < 4.78 is 5.22. The smallest absolute Gasteiger partial charge is 0.308 e. The summed E-state index contributed by atoms with van der Waals surface area (Å²) in [6, 6.07) is 9.53. The summed E-state index contributed by atoms with van der Waals surface area (Å²) in [5.74, 6) is 2.80. The van der Waals surface area contributed by atoms with E-state index in [1.54, 1.807) is 0 Å². The second kappa shape index (κ2) is 4.31. The van der Waals surface area contributed by atoms with Gasteiger partial charge in [-0.15, -0.1) is 6.42 Å². The van der Waals surface area contributed by atoms with Gasteiger partial charge in [-0.05, 0) is 30.0 Å². The third kappa shape index (κ3) is 2.14. The Kier molecular flexibility index (Phi) is 2.84. The van der Waals surface area contributed by atoms with Gasteiger partial charge in [0.2, 0.25) is 0 Å². The average Bonchev–Trinajstić information content (AvgIpc) is 2.26. The molecule has 0 fully saturated rings. The molecule has 0 saturated carbocycles. The molecule has 2 aromatic carbocycles. The lowest BCUT2D eigenvalue weighted by Gasteiger charge is -2.09. The van der Waals surface area contributed by atoms with Crippen LogP contribution >= 0.6 is 0 Å². The molecule has 84 valence electrons. The molecule has 0 atom stereocenters. The molecular formula is C15H12O2. The summed E-state index contributed by atoms with van der Waals surface area (Å²) in [4.78, 5) is 11.1. The number of carbonyl (C=O) groups excluding carboxylic acids is 1. The monoisotopic (exact) mass is 224 g/mol. The fraction of sp³-hybridized carbons (Fsp3) is 0.133. The maximum Gasteiger partial charge on any atom is 0.308 e. The van der Waals surface area contributed by atoms with Crippen molar-refractivity contribution in [2.75, 3.05) is 0 Å². The third-order valence-corrected chi connectivity index (χ3v) is 2.49. The lowest BCUT2D eigenvalue weighted by Crippen LogP contribution is -2.02. The molecule has 0 amide bonds. The molecule has 0 aromatic heterocycles. The second-order valence-corrected chi connectivity index (χ2v) is 3.90. The molecule has 0 radical (unpaired) electrons. The van der Waals surface area contributed by atoms with Crippen molar-refractivity contribution in [3.8, 4) is 18.1 Å². The predicted octanol–water partition coefficient (Wildman–Crippen LogP) is 3.05. The van der Waals surface area contributed by atoms with Crippen LogP contribution in [0.2, 0.25) is 0 Å². The van der Waals surface area contributed by atoms with Crippen LogP contribution in [0.25, 0.3) is 10.8 Å². The molecule has 0 N–H and O–H groups in total. The number of ether oxygens (including phenoxy) is 1. The fourth-order valence-electron chi connectivity index (χ4n) is 1.89. The number of hydrogen-bond acceptors (Lipinski definition) is 2. The lowest BCUT2D eigenvalue weighted by molar-refractivity contribution is -0.131. The van der Waals surface area contributed by atoms with E-state index in [4.69, 9.17) is 11.2 Å². The Morgan fingerprint density at radius 3 is 2.76 bits per heavy atom. The van der Waals surface area contributed by atoms with E-state index in [9.17, 15) is 4.79 Å². The predicted molar refractivity (Wildman–Crippen MR) is 67.9 cm³/mol. The molecule has 2 rings (SSSR count). The van der Waals surface area contributed by atoms with Gasteiger partial charge in [-0.1, -0.05) is 24.1 Å². The summed E-state index contributed by atoms with van der Waals surface area (Å²) >= 11 is 0. The minimum atomic E-state index is -0.344. The van der Waals surface area contributed by atoms with E-state index in [0.29, 0.717) is 5.75 Å². The van der Waals surface area contributed by atoms with Crippen molar-refractivity contribution in [3.05, 3.63) is 41.5 Å². The van der Waals surface area contributed by atoms with Crippen LogP contribution in [0.1, 0.15) is 18.1 Å². The van der Waals surface area contributed by atoms with Crippen LogP contribution in [0, 0.1) is 19.3 Å². The molecule has 0 aliphatic rings. The molecule has 0 saturated heterocycles. The molecule has 0 bridgehead atoms. The first-order valence-corrected chi connectivity index (χ1v) is 5.30. The van der Waals surface area contributed by atoms with Crippen LogP contribution in [0.15, 0.2) is 30.3 Å². The SMILES string of the molecule is C#Cc1cccc2cc(C)cc(OC(C)=O)c12. The van der Waals surface area contributed by atoms with Crippen molar-refractivity contribution in [1.29, 1.82) is 0 Å². The molecule has 0 aliphatic carbocycles. The van der Waals surface area contributed by atoms with Gasteiger partial charge in [0.25, 0.3) is 0 Å². The Morgan fingerprint density at radius 1 is 1.35 bits per heavy atom. The van der Waals surface area contributed by atoms with Gasteiger partial charge in [-0.2, -0.15) is 0 Å². The molecule has 2 heteroatoms. The van der Waals surface area contributed by atoms with Crippen molar-refractivity contribution in [3.63, 3.8) is 0 Å². The van der Waals surface area contributed by atoms with E-state index in [1.165, 1.54) is 6.92 Å². The van der Waals surface area contributed by atoms with Crippen LogP contribution < -0.4 is 4.74 Å². The number of fused-ring (bicyclic) bond motifs is 1. The number of benzene rings is 2. The number of esters is 1. The van der Waals surface area contributed by atoms with Gasteiger partial charge in [0.1, 0.15) is 5.75 Å². The zero-order chi connectivity index (χ0) is 12.4. The van der Waals surface area contributed by atoms with E-state index in [0.717, 1.165) is 21.9 Å². The fourth-order valence-corrected chi connectivity index (χ4v) is 1.89. The standard InChI is InChI=1S/C15H12O2/c1-4-12-6-5-7-13-8-10(2)9-14(15(12)13)17-11(3)16/h1,5-9H,2-3H3. The summed E-state index contributed by atoms with van der Waals surface area (Å²) in [5.41, 5.74) is 1.77. The molecule has 0 unspecified atom stereocenters. The lowest BCUT2D eigenvalue weighted by atomic mass is 10.0. The minimum Gasteiger partial charge on any atom is -0.426 e. The van der Waals surface area contributed by atoms with Crippen molar-refractivity contribution in [2.24, 2.45) is 0 Å². The maximum atomic E-state index is 11.1. The highest BCUT2D eigenvalue weighted by atomic mass is 16.5. The van der Waals surface area contributed by atoms with Crippen LogP contribution in [-0.2, 0) is 4.79 Å². The largest absolute Gasteiger partial charge is 0.426 e. The van der Waals surface area contributed by atoms with Crippen molar-refractivity contribution in [1.82, 2.24) is 0 Å². The molecule has 0 aliphatic heterocycles. The number of terminal acetylenes is 1. The number of hydrogen-bond donors (Lipinski definition) is 0. The molecule has 2 aromatic rings. The molecule has 0 heterocycles. The summed E-state index contributed by atoms with van der Waals surface area (Å²) in [7, 11) is 0. The summed E-state index contributed by atoms with van der Waals surface area (Å²) in [6.07, 6.45) is 5.46. The average molecular weight is 224 g/mol. The zero-order valence-corrected chi connectivity index (χ0v) is 9.78. The highest BCUT2D eigenvalue weighted by Gasteiger charge is 2.09. The highest BCUT2D eigenvalue weighted by molar-refractivity contribution is 5.95. The van der Waals surface area contributed by atoms with Gasteiger partial charge in [0.05, 0.1) is 0 Å². The molecular weight excluding hydrogens is 212 g/mol. The van der Waals surface area contributed by atoms with Gasteiger partial charge in [-0.3, -0.25) is 4.79 Å². The number of carbonyl (C=O) groups is 1. The van der Waals surface area contributed by atoms with E-state index >= 15 is 0 Å². The third-order valence-electron chi connectivity index (χ3n) is 2.49. The van der Waals surface area contributed by atoms with Gasteiger partial charge >= 0.3 is 5.97 Å². The van der Waals surface area contributed by atoms with E-state index in [1.807, 2.05) is 37.3 Å². The second-order valence-electron chi connectivity index (χ2n) is 3.90. The zero-order valence-electron chi connectivity index (χ0n) is 9.78. The van der Waals surface area contributed by atoms with Gasteiger partial charge in [0.15, 0.2) is 0 Å². The Morgan fingerprint density at radius 2 is 2.12 bits per heavy atom. The first kappa shape index (κ1) is 11.2. The normalized spacial score (nSPS) is 9.94. The van der Waals surface area contributed by atoms with Gasteiger partial charge < -0.3 is 4.74 Å². The number of aryl methyl sites for hydroxylation is 1. The van der Waals surface area contributed by atoms with Crippen molar-refractivity contribution in [2.45, 2.75) is 13.8 Å². The molecule has 2 nitrogen and oxygen atoms in total. The van der Waals surface area contributed by atoms with Crippen LogP contribution in [-0.4, -0.2) is 5.97 Å². The Balaban J connectivity index is 2.80. The van der Waals surface area contributed by atoms with Gasteiger partial charge in [0, 0.05) is 17.9 Å². The van der Waals surface area contributed by atoms with Crippen LogP contribution in [0.4, 0.5) is 0 Å². The van der Waals surface area contributed by atoms with Gasteiger partial charge in [-0.25, -0.2) is 0 Å². The molecule has 17 heavy (non-hydrogen) atoms. The Hall–Kier alpha value is -2.27.